The van der Waals surface area contributed by atoms with Crippen LogP contribution in [0.5, 0.6) is 0 Å². The van der Waals surface area contributed by atoms with Gasteiger partial charge in [-0.15, -0.1) is 0 Å². The van der Waals surface area contributed by atoms with Crippen molar-refractivity contribution in [3.63, 3.8) is 0 Å². The first-order valence-corrected chi connectivity index (χ1v) is 8.99. The summed E-state index contributed by atoms with van der Waals surface area (Å²) < 4.78 is 0. The van der Waals surface area contributed by atoms with Gasteiger partial charge in [0.1, 0.15) is 0 Å². The Morgan fingerprint density at radius 2 is 1.55 bits per heavy atom. The minimum absolute atomic E-state index is 0.596. The van der Waals surface area contributed by atoms with Gasteiger partial charge in [0.05, 0.1) is 0 Å². The summed E-state index contributed by atoms with van der Waals surface area (Å²) in [5.41, 5.74) is 0.596. The Balaban J connectivity index is 1.35. The van der Waals surface area contributed by atoms with Gasteiger partial charge >= 0.3 is 0 Å². The number of rotatable bonds is 7. The molecule has 116 valence electrons. The fraction of sp³-hybridized carbons (Fsp3) is 1.00. The molecule has 0 aromatic heterocycles. The van der Waals surface area contributed by atoms with Crippen LogP contribution in [0.1, 0.15) is 65.2 Å². The molecule has 0 unspecified atom stereocenters. The number of nitrogens with zero attached hydrogens (tertiary/aromatic N) is 1. The van der Waals surface area contributed by atoms with E-state index in [9.17, 15) is 0 Å². The quantitative estimate of drug-likeness (QED) is 0.764. The molecule has 3 rings (SSSR count). The molecule has 0 aliphatic heterocycles. The second kappa shape index (κ2) is 5.96. The van der Waals surface area contributed by atoms with E-state index in [1.54, 1.807) is 0 Å². The summed E-state index contributed by atoms with van der Waals surface area (Å²) in [6.07, 6.45) is 11.6. The zero-order valence-corrected chi connectivity index (χ0v) is 13.8. The number of likely N-dealkylation sites (N-methyl/N-ethyl adjacent to an activating group) is 1. The first-order valence-electron chi connectivity index (χ1n) is 8.99. The summed E-state index contributed by atoms with van der Waals surface area (Å²) in [5, 5.41) is 3.89. The molecule has 3 aliphatic rings. The van der Waals surface area contributed by atoms with Crippen LogP contribution in [0, 0.1) is 17.3 Å². The minimum atomic E-state index is 0.596. The van der Waals surface area contributed by atoms with Gasteiger partial charge < -0.3 is 10.2 Å². The van der Waals surface area contributed by atoms with E-state index >= 15 is 0 Å². The zero-order chi connectivity index (χ0) is 14.2. The number of nitrogens with one attached hydrogen (secondary N) is 1. The average Bonchev–Trinajstić information content (AvgIpc) is 3.27. The maximum atomic E-state index is 3.89. The SMILES string of the molecule is CN(CCNC(C1CC1)C1CC1)C1CCC(C)(C)CC1. The van der Waals surface area contributed by atoms with Crippen molar-refractivity contribution in [3.8, 4) is 0 Å². The zero-order valence-electron chi connectivity index (χ0n) is 13.8. The molecule has 3 aliphatic carbocycles. The molecule has 0 bridgehead atoms. The maximum absolute atomic E-state index is 3.89. The van der Waals surface area contributed by atoms with E-state index in [1.165, 1.54) is 64.5 Å². The van der Waals surface area contributed by atoms with E-state index in [4.69, 9.17) is 0 Å². The molecular formula is C18H34N2. The van der Waals surface area contributed by atoms with E-state index in [0.717, 1.165) is 23.9 Å². The monoisotopic (exact) mass is 278 g/mol. The third kappa shape index (κ3) is 3.98. The largest absolute Gasteiger partial charge is 0.312 e. The third-order valence-electron chi connectivity index (χ3n) is 6.04. The average molecular weight is 278 g/mol. The van der Waals surface area contributed by atoms with Crippen LogP contribution in [0.2, 0.25) is 0 Å². The van der Waals surface area contributed by atoms with E-state index in [-0.39, 0.29) is 0 Å². The molecule has 0 amide bonds. The molecule has 0 aromatic rings. The molecule has 0 heterocycles. The summed E-state index contributed by atoms with van der Waals surface area (Å²) >= 11 is 0. The van der Waals surface area contributed by atoms with Crippen LogP contribution in [0.3, 0.4) is 0 Å². The van der Waals surface area contributed by atoms with Gasteiger partial charge in [0.15, 0.2) is 0 Å². The molecule has 3 fully saturated rings. The highest BCUT2D eigenvalue weighted by molar-refractivity contribution is 4.96. The molecule has 2 heteroatoms. The van der Waals surface area contributed by atoms with Crippen molar-refractivity contribution in [2.75, 3.05) is 20.1 Å². The summed E-state index contributed by atoms with van der Waals surface area (Å²) in [6, 6.07) is 1.71. The summed E-state index contributed by atoms with van der Waals surface area (Å²) in [7, 11) is 2.34. The molecule has 0 radical (unpaired) electrons. The fourth-order valence-corrected chi connectivity index (χ4v) is 4.04. The third-order valence-corrected chi connectivity index (χ3v) is 6.04. The Labute approximate surface area is 125 Å². The van der Waals surface area contributed by atoms with Crippen LogP contribution in [0.4, 0.5) is 0 Å². The first-order chi connectivity index (χ1) is 9.55. The Hall–Kier alpha value is -0.0800. The van der Waals surface area contributed by atoms with E-state index in [1.807, 2.05) is 0 Å². The molecule has 0 atom stereocenters. The van der Waals surface area contributed by atoms with Gasteiger partial charge in [0.2, 0.25) is 0 Å². The molecule has 0 aromatic carbocycles. The standard InChI is InChI=1S/C18H34N2/c1-18(2)10-8-16(9-11-18)20(3)13-12-19-17(14-4-5-14)15-6-7-15/h14-17,19H,4-13H2,1-3H3. The molecule has 1 N–H and O–H groups in total. The molecule has 3 saturated carbocycles. The van der Waals surface area contributed by atoms with Gasteiger partial charge in [-0.25, -0.2) is 0 Å². The Bertz CT molecular complexity index is 295. The lowest BCUT2D eigenvalue weighted by molar-refractivity contribution is 0.127. The predicted molar refractivity (Wildman–Crippen MR) is 85.9 cm³/mol. The molecule has 2 nitrogen and oxygen atoms in total. The van der Waals surface area contributed by atoms with Crippen molar-refractivity contribution in [1.82, 2.24) is 10.2 Å². The van der Waals surface area contributed by atoms with Gasteiger partial charge in [0, 0.05) is 25.2 Å². The highest BCUT2D eigenvalue weighted by Crippen LogP contribution is 2.44. The second-order valence-electron chi connectivity index (χ2n) is 8.53. The van der Waals surface area contributed by atoms with Crippen LogP contribution < -0.4 is 5.32 Å². The second-order valence-corrected chi connectivity index (χ2v) is 8.53. The molecular weight excluding hydrogens is 244 g/mol. The van der Waals surface area contributed by atoms with Gasteiger partial charge in [-0.1, -0.05) is 13.8 Å². The van der Waals surface area contributed by atoms with Gasteiger partial charge in [-0.05, 0) is 75.7 Å². The number of hydrogen-bond acceptors (Lipinski definition) is 2. The lowest BCUT2D eigenvalue weighted by Gasteiger charge is -2.38. The van der Waals surface area contributed by atoms with Crippen molar-refractivity contribution in [3.05, 3.63) is 0 Å². The van der Waals surface area contributed by atoms with Crippen molar-refractivity contribution in [2.24, 2.45) is 17.3 Å². The summed E-state index contributed by atoms with van der Waals surface area (Å²) in [6.45, 7) is 7.30. The molecule has 0 spiro atoms. The number of hydrogen-bond donors (Lipinski definition) is 1. The topological polar surface area (TPSA) is 15.3 Å². The Morgan fingerprint density at radius 1 is 1.00 bits per heavy atom. The van der Waals surface area contributed by atoms with Gasteiger partial charge in [-0.3, -0.25) is 0 Å². The van der Waals surface area contributed by atoms with Crippen molar-refractivity contribution < 1.29 is 0 Å². The minimum Gasteiger partial charge on any atom is -0.312 e. The van der Waals surface area contributed by atoms with Gasteiger partial charge in [0.25, 0.3) is 0 Å². The highest BCUT2D eigenvalue weighted by Gasteiger charge is 2.41. The van der Waals surface area contributed by atoms with Crippen LogP contribution in [0.25, 0.3) is 0 Å². The Morgan fingerprint density at radius 3 is 2.05 bits per heavy atom. The van der Waals surface area contributed by atoms with Crippen LogP contribution in [0.15, 0.2) is 0 Å². The van der Waals surface area contributed by atoms with E-state index in [0.29, 0.717) is 5.41 Å². The highest BCUT2D eigenvalue weighted by atomic mass is 15.1. The lowest BCUT2D eigenvalue weighted by atomic mass is 9.75. The van der Waals surface area contributed by atoms with E-state index < -0.39 is 0 Å². The lowest BCUT2D eigenvalue weighted by Crippen LogP contribution is -2.43. The van der Waals surface area contributed by atoms with Crippen LogP contribution >= 0.6 is 0 Å². The van der Waals surface area contributed by atoms with E-state index in [2.05, 4.69) is 31.1 Å². The first kappa shape index (κ1) is 14.8. The van der Waals surface area contributed by atoms with Gasteiger partial charge in [-0.2, -0.15) is 0 Å². The van der Waals surface area contributed by atoms with Crippen LogP contribution in [-0.2, 0) is 0 Å². The van der Waals surface area contributed by atoms with Crippen molar-refractivity contribution in [1.29, 1.82) is 0 Å². The van der Waals surface area contributed by atoms with Crippen molar-refractivity contribution in [2.45, 2.75) is 77.3 Å². The summed E-state index contributed by atoms with van der Waals surface area (Å²) in [4.78, 5) is 2.62. The van der Waals surface area contributed by atoms with Crippen LogP contribution in [-0.4, -0.2) is 37.1 Å². The molecule has 0 saturated heterocycles. The Kier molecular flexibility index (Phi) is 4.42. The fourth-order valence-electron chi connectivity index (χ4n) is 4.04. The normalized spacial score (nSPS) is 27.4. The van der Waals surface area contributed by atoms with Crippen molar-refractivity contribution >= 4 is 0 Å². The maximum Gasteiger partial charge on any atom is 0.0124 e. The smallest absolute Gasteiger partial charge is 0.0124 e. The predicted octanol–water partition coefficient (Wildman–Crippen LogP) is 3.67. The molecule has 20 heavy (non-hydrogen) atoms. The summed E-state index contributed by atoms with van der Waals surface area (Å²) in [5.74, 6) is 2.06.